The summed E-state index contributed by atoms with van der Waals surface area (Å²) < 4.78 is 19.9. The fraction of sp³-hybridized carbons (Fsp3) is 0.207. The number of phenolic OH excluding ortho intramolecular Hbond substituents is 1. The van der Waals surface area contributed by atoms with Crippen molar-refractivity contribution in [2.24, 2.45) is 0 Å². The Morgan fingerprint density at radius 2 is 1.68 bits per heavy atom. The van der Waals surface area contributed by atoms with Crippen LogP contribution in [0, 0.1) is 5.82 Å². The van der Waals surface area contributed by atoms with Crippen LogP contribution >= 0.6 is 0 Å². The van der Waals surface area contributed by atoms with Crippen molar-refractivity contribution in [2.45, 2.75) is 20.3 Å². The first kappa shape index (κ1) is 23.3. The van der Waals surface area contributed by atoms with Gasteiger partial charge in [0.15, 0.2) is 0 Å². The number of phenols is 1. The van der Waals surface area contributed by atoms with Gasteiger partial charge in [0.05, 0.1) is 6.61 Å². The summed E-state index contributed by atoms with van der Waals surface area (Å²) >= 11 is 0. The van der Waals surface area contributed by atoms with Crippen LogP contribution in [0.1, 0.15) is 42.5 Å². The minimum absolute atomic E-state index is 0.0109. The normalized spacial score (nSPS) is 13.4. The highest BCUT2D eigenvalue weighted by Gasteiger charge is 2.21. The number of nitrogens with zero attached hydrogens (tertiary/aromatic N) is 1. The fourth-order valence-electron chi connectivity index (χ4n) is 4.22. The average Bonchev–Trinajstić information content (AvgIpc) is 3.03. The lowest BCUT2D eigenvalue weighted by molar-refractivity contribution is -0.125. The maximum absolute atomic E-state index is 14.0. The van der Waals surface area contributed by atoms with Crippen LogP contribution in [0.4, 0.5) is 4.39 Å². The van der Waals surface area contributed by atoms with Gasteiger partial charge in [-0.1, -0.05) is 36.4 Å². The van der Waals surface area contributed by atoms with Gasteiger partial charge in [-0.05, 0) is 72.0 Å². The molecule has 0 saturated carbocycles. The molecule has 3 aromatic carbocycles. The number of carbonyl (C=O) groups is 1. The van der Waals surface area contributed by atoms with Crippen molar-refractivity contribution < 1.29 is 19.0 Å². The molecule has 1 aliphatic heterocycles. The zero-order valence-electron chi connectivity index (χ0n) is 19.4. The predicted octanol–water partition coefficient (Wildman–Crippen LogP) is 6.15. The number of likely N-dealkylation sites (N-methyl/N-ethyl adjacent to an activating group) is 1. The summed E-state index contributed by atoms with van der Waals surface area (Å²) in [5, 5.41) is 9.75. The number of hydrogen-bond donors (Lipinski definition) is 1. The molecule has 4 rings (SSSR count). The maximum Gasteiger partial charge on any atom is 0.246 e. The van der Waals surface area contributed by atoms with E-state index in [1.165, 1.54) is 12.1 Å². The van der Waals surface area contributed by atoms with Gasteiger partial charge in [-0.15, -0.1) is 0 Å². The number of rotatable bonds is 6. The molecule has 0 aromatic heterocycles. The van der Waals surface area contributed by atoms with Crippen molar-refractivity contribution in [3.8, 4) is 11.5 Å². The second-order valence-electron chi connectivity index (χ2n) is 8.11. The van der Waals surface area contributed by atoms with Crippen LogP contribution in [-0.2, 0) is 4.79 Å². The summed E-state index contributed by atoms with van der Waals surface area (Å²) in [7, 11) is 0. The van der Waals surface area contributed by atoms with E-state index in [0.717, 1.165) is 33.4 Å². The highest BCUT2D eigenvalue weighted by Crippen LogP contribution is 2.41. The molecule has 1 N–H and O–H groups in total. The molecule has 4 nitrogen and oxygen atoms in total. The first-order chi connectivity index (χ1) is 16.5. The van der Waals surface area contributed by atoms with E-state index < -0.39 is 0 Å². The molecule has 0 unspecified atom stereocenters. The molecule has 5 heteroatoms. The Labute approximate surface area is 199 Å². The van der Waals surface area contributed by atoms with Gasteiger partial charge >= 0.3 is 0 Å². The van der Waals surface area contributed by atoms with Crippen LogP contribution in [0.2, 0.25) is 0 Å². The van der Waals surface area contributed by atoms with E-state index in [0.29, 0.717) is 31.9 Å². The Kier molecular flexibility index (Phi) is 7.12. The quantitative estimate of drug-likeness (QED) is 0.452. The molecule has 0 radical (unpaired) electrons. The van der Waals surface area contributed by atoms with Crippen molar-refractivity contribution in [1.82, 2.24) is 4.90 Å². The molecule has 0 saturated heterocycles. The summed E-state index contributed by atoms with van der Waals surface area (Å²) in [6.07, 6.45) is 4.05. The third-order valence-corrected chi connectivity index (χ3v) is 6.03. The monoisotopic (exact) mass is 457 g/mol. The number of carbonyl (C=O) groups excluding carboxylic acids is 1. The molecular formula is C29H28FNO3. The minimum atomic E-state index is -0.343. The molecule has 0 atom stereocenters. The molecule has 3 aromatic rings. The Balaban J connectivity index is 1.77. The molecular weight excluding hydrogens is 429 g/mol. The second kappa shape index (κ2) is 10.4. The van der Waals surface area contributed by atoms with Crippen LogP contribution < -0.4 is 4.74 Å². The standard InChI is InChI=1S/C29H28FNO3/c1-3-31(4-2)28(33)16-7-20-5-8-22(9-6-20)29-25(21-10-13-24(32)14-11-21)17-18-34-27-19-23(30)12-15-26(27)29/h5-16,19,32H,3-4,17-18H2,1-2H3/b16-7+. The van der Waals surface area contributed by atoms with E-state index in [2.05, 4.69) is 0 Å². The van der Waals surface area contributed by atoms with Crippen molar-refractivity contribution in [3.63, 3.8) is 0 Å². The van der Waals surface area contributed by atoms with Crippen LogP contribution in [-0.4, -0.2) is 35.6 Å². The summed E-state index contributed by atoms with van der Waals surface area (Å²) in [4.78, 5) is 14.1. The highest BCUT2D eigenvalue weighted by molar-refractivity contribution is 6.00. The van der Waals surface area contributed by atoms with Crippen molar-refractivity contribution >= 4 is 23.1 Å². The topological polar surface area (TPSA) is 49.8 Å². The van der Waals surface area contributed by atoms with Crippen molar-refractivity contribution in [3.05, 3.63) is 101 Å². The smallest absolute Gasteiger partial charge is 0.246 e. The van der Waals surface area contributed by atoms with Gasteiger partial charge in [0.25, 0.3) is 0 Å². The number of halogens is 1. The zero-order valence-corrected chi connectivity index (χ0v) is 19.4. The van der Waals surface area contributed by atoms with E-state index in [1.807, 2.05) is 56.3 Å². The molecule has 0 spiro atoms. The van der Waals surface area contributed by atoms with Crippen LogP contribution in [0.5, 0.6) is 11.5 Å². The highest BCUT2D eigenvalue weighted by atomic mass is 19.1. The molecule has 0 bridgehead atoms. The third kappa shape index (κ3) is 5.04. The Morgan fingerprint density at radius 3 is 2.35 bits per heavy atom. The molecule has 1 amide bonds. The van der Waals surface area contributed by atoms with E-state index in [-0.39, 0.29) is 17.5 Å². The van der Waals surface area contributed by atoms with Crippen LogP contribution in [0.25, 0.3) is 17.2 Å². The number of hydrogen-bond acceptors (Lipinski definition) is 3. The zero-order chi connectivity index (χ0) is 24.1. The fourth-order valence-corrected chi connectivity index (χ4v) is 4.22. The lowest BCUT2D eigenvalue weighted by Gasteiger charge is -2.16. The number of aromatic hydroxyl groups is 1. The SMILES string of the molecule is CCN(CC)C(=O)/C=C/c1ccc(C2=C(c3ccc(O)cc3)CCOc3cc(F)ccc32)cc1. The first-order valence-electron chi connectivity index (χ1n) is 11.5. The third-order valence-electron chi connectivity index (χ3n) is 6.03. The summed E-state index contributed by atoms with van der Waals surface area (Å²) in [6, 6.07) is 19.7. The van der Waals surface area contributed by atoms with E-state index in [4.69, 9.17) is 4.74 Å². The van der Waals surface area contributed by atoms with Crippen LogP contribution in [0.15, 0.2) is 72.8 Å². The van der Waals surface area contributed by atoms with E-state index in [9.17, 15) is 14.3 Å². The lowest BCUT2D eigenvalue weighted by Crippen LogP contribution is -2.28. The number of benzene rings is 3. The first-order valence-corrected chi connectivity index (χ1v) is 11.5. The maximum atomic E-state index is 14.0. The van der Waals surface area contributed by atoms with Gasteiger partial charge in [-0.3, -0.25) is 4.79 Å². The Hall–Kier alpha value is -3.86. The van der Waals surface area contributed by atoms with Gasteiger partial charge in [0.1, 0.15) is 17.3 Å². The van der Waals surface area contributed by atoms with Gasteiger partial charge in [-0.25, -0.2) is 4.39 Å². The van der Waals surface area contributed by atoms with Gasteiger partial charge < -0.3 is 14.7 Å². The average molecular weight is 458 g/mol. The Bertz CT molecular complexity index is 1220. The largest absolute Gasteiger partial charge is 0.508 e. The molecule has 1 aliphatic rings. The van der Waals surface area contributed by atoms with Gasteiger partial charge in [-0.2, -0.15) is 0 Å². The number of amides is 1. The van der Waals surface area contributed by atoms with Crippen molar-refractivity contribution in [2.75, 3.05) is 19.7 Å². The summed E-state index contributed by atoms with van der Waals surface area (Å²) in [5.74, 6) is 0.360. The molecule has 174 valence electrons. The van der Waals surface area contributed by atoms with E-state index >= 15 is 0 Å². The second-order valence-corrected chi connectivity index (χ2v) is 8.11. The lowest BCUT2D eigenvalue weighted by atomic mass is 9.88. The number of fused-ring (bicyclic) bond motifs is 1. The predicted molar refractivity (Wildman–Crippen MR) is 134 cm³/mol. The summed E-state index contributed by atoms with van der Waals surface area (Å²) in [5.41, 5.74) is 5.71. The van der Waals surface area contributed by atoms with Gasteiger partial charge in [0.2, 0.25) is 5.91 Å². The molecule has 1 heterocycles. The molecule has 0 aliphatic carbocycles. The molecule has 0 fully saturated rings. The van der Waals surface area contributed by atoms with Crippen LogP contribution in [0.3, 0.4) is 0 Å². The van der Waals surface area contributed by atoms with E-state index in [1.54, 1.807) is 29.2 Å². The summed E-state index contributed by atoms with van der Waals surface area (Å²) in [6.45, 7) is 5.70. The van der Waals surface area contributed by atoms with Gasteiger partial charge in [0, 0.05) is 37.2 Å². The molecule has 34 heavy (non-hydrogen) atoms. The number of ether oxygens (including phenoxy) is 1. The minimum Gasteiger partial charge on any atom is -0.508 e. The Morgan fingerprint density at radius 1 is 1.00 bits per heavy atom. The van der Waals surface area contributed by atoms with Crippen molar-refractivity contribution in [1.29, 1.82) is 0 Å².